The Labute approximate surface area is 83.0 Å². The van der Waals surface area contributed by atoms with Crippen molar-refractivity contribution in [3.8, 4) is 0 Å². The van der Waals surface area contributed by atoms with Crippen LogP contribution in [-0.4, -0.2) is 5.24 Å². The van der Waals surface area contributed by atoms with E-state index in [1.807, 2.05) is 0 Å². The van der Waals surface area contributed by atoms with Crippen LogP contribution < -0.4 is 0 Å². The van der Waals surface area contributed by atoms with Crippen LogP contribution in [0.5, 0.6) is 0 Å². The van der Waals surface area contributed by atoms with Crippen LogP contribution in [0.3, 0.4) is 0 Å². The van der Waals surface area contributed by atoms with E-state index in [4.69, 9.17) is 34.8 Å². The Morgan fingerprint density at radius 1 is 1.33 bits per heavy atom. The van der Waals surface area contributed by atoms with Crippen LogP contribution >= 0.6 is 34.8 Å². The molecule has 0 saturated heterocycles. The molecule has 0 saturated carbocycles. The van der Waals surface area contributed by atoms with E-state index in [-0.39, 0.29) is 15.6 Å². The first-order valence-electron chi connectivity index (χ1n) is 2.87. The lowest BCUT2D eigenvalue weighted by molar-refractivity contribution is 0.108. The molecule has 0 fully saturated rings. The van der Waals surface area contributed by atoms with Crippen molar-refractivity contribution in [3.05, 3.63) is 33.6 Å². The van der Waals surface area contributed by atoms with Crippen molar-refractivity contribution in [2.24, 2.45) is 0 Å². The average molecular weight is 227 g/mol. The third-order valence-corrected chi connectivity index (χ3v) is 2.11. The molecule has 0 N–H and O–H groups in total. The van der Waals surface area contributed by atoms with Crippen molar-refractivity contribution < 1.29 is 9.18 Å². The Kier molecular flexibility index (Phi) is 2.94. The second-order valence-electron chi connectivity index (χ2n) is 2.00. The third-order valence-electron chi connectivity index (χ3n) is 1.25. The van der Waals surface area contributed by atoms with Gasteiger partial charge in [0, 0.05) is 0 Å². The zero-order valence-electron chi connectivity index (χ0n) is 5.57. The zero-order valence-corrected chi connectivity index (χ0v) is 7.84. The summed E-state index contributed by atoms with van der Waals surface area (Å²) < 4.78 is 12.9. The van der Waals surface area contributed by atoms with Crippen LogP contribution in [0.4, 0.5) is 4.39 Å². The molecule has 0 atom stereocenters. The van der Waals surface area contributed by atoms with Crippen molar-refractivity contribution >= 4 is 40.0 Å². The molecule has 1 rings (SSSR count). The highest BCUT2D eigenvalue weighted by molar-refractivity contribution is 6.68. The van der Waals surface area contributed by atoms with E-state index in [0.717, 1.165) is 0 Å². The molecular formula is C7H2Cl3FO. The first kappa shape index (κ1) is 9.78. The fraction of sp³-hybridized carbons (Fsp3) is 0. The Morgan fingerprint density at radius 3 is 2.42 bits per heavy atom. The van der Waals surface area contributed by atoms with E-state index in [9.17, 15) is 9.18 Å². The highest BCUT2D eigenvalue weighted by Gasteiger charge is 2.13. The summed E-state index contributed by atoms with van der Waals surface area (Å²) in [4.78, 5) is 10.6. The Morgan fingerprint density at radius 2 is 1.92 bits per heavy atom. The van der Waals surface area contributed by atoms with E-state index in [0.29, 0.717) is 0 Å². The standard InChI is InChI=1S/C7H2Cl3FO/c8-4-2-1-3(7(10)12)5(9)6(4)11/h1-2H. The van der Waals surface area contributed by atoms with Crippen molar-refractivity contribution in [1.29, 1.82) is 0 Å². The fourth-order valence-corrected chi connectivity index (χ4v) is 1.34. The number of halogens is 4. The molecule has 64 valence electrons. The van der Waals surface area contributed by atoms with Gasteiger partial charge >= 0.3 is 0 Å². The quantitative estimate of drug-likeness (QED) is 0.530. The summed E-state index contributed by atoms with van der Waals surface area (Å²) in [6.07, 6.45) is 0. The molecule has 1 aromatic rings. The Hall–Kier alpha value is -0.310. The van der Waals surface area contributed by atoms with E-state index in [2.05, 4.69) is 0 Å². The van der Waals surface area contributed by atoms with Crippen LogP contribution in [0, 0.1) is 5.82 Å². The van der Waals surface area contributed by atoms with Crippen molar-refractivity contribution in [3.63, 3.8) is 0 Å². The molecular weight excluding hydrogens is 225 g/mol. The second kappa shape index (κ2) is 3.60. The van der Waals surface area contributed by atoms with Crippen LogP contribution in [-0.2, 0) is 0 Å². The van der Waals surface area contributed by atoms with E-state index >= 15 is 0 Å². The summed E-state index contributed by atoms with van der Waals surface area (Å²) in [7, 11) is 0. The number of benzene rings is 1. The predicted octanol–water partition coefficient (Wildman–Crippen LogP) is 3.51. The molecule has 0 aromatic heterocycles. The lowest BCUT2D eigenvalue weighted by Gasteiger charge is -2.00. The maximum atomic E-state index is 12.9. The van der Waals surface area contributed by atoms with Gasteiger partial charge in [-0.3, -0.25) is 4.79 Å². The minimum atomic E-state index is -0.829. The summed E-state index contributed by atoms with van der Waals surface area (Å²) in [6, 6.07) is 2.49. The van der Waals surface area contributed by atoms with Crippen LogP contribution in [0.2, 0.25) is 10.0 Å². The molecule has 0 aliphatic heterocycles. The first-order chi connectivity index (χ1) is 5.54. The molecule has 0 heterocycles. The molecule has 0 aliphatic carbocycles. The van der Waals surface area contributed by atoms with Crippen LogP contribution in [0.15, 0.2) is 12.1 Å². The Bertz CT molecular complexity index is 338. The molecule has 0 spiro atoms. The number of hydrogen-bond donors (Lipinski definition) is 0. The molecule has 0 bridgehead atoms. The van der Waals surface area contributed by atoms with Crippen molar-refractivity contribution in [1.82, 2.24) is 0 Å². The highest BCUT2D eigenvalue weighted by Crippen LogP contribution is 2.27. The number of rotatable bonds is 1. The Balaban J connectivity index is 3.36. The number of carbonyl (C=O) groups is 1. The van der Waals surface area contributed by atoms with Crippen LogP contribution in [0.1, 0.15) is 10.4 Å². The van der Waals surface area contributed by atoms with Gasteiger partial charge in [0.05, 0.1) is 15.6 Å². The highest BCUT2D eigenvalue weighted by atomic mass is 35.5. The molecule has 0 aliphatic rings. The van der Waals surface area contributed by atoms with Crippen molar-refractivity contribution in [2.75, 3.05) is 0 Å². The summed E-state index contributed by atoms with van der Waals surface area (Å²) in [5.74, 6) is -0.829. The van der Waals surface area contributed by atoms with Gasteiger partial charge in [-0.2, -0.15) is 0 Å². The van der Waals surface area contributed by atoms with Gasteiger partial charge < -0.3 is 0 Å². The molecule has 12 heavy (non-hydrogen) atoms. The second-order valence-corrected chi connectivity index (χ2v) is 3.13. The zero-order chi connectivity index (χ0) is 9.30. The van der Waals surface area contributed by atoms with E-state index < -0.39 is 11.1 Å². The number of carbonyl (C=O) groups excluding carboxylic acids is 1. The first-order valence-corrected chi connectivity index (χ1v) is 4.00. The van der Waals surface area contributed by atoms with Gasteiger partial charge in [-0.15, -0.1) is 0 Å². The minimum Gasteiger partial charge on any atom is -0.276 e. The monoisotopic (exact) mass is 226 g/mol. The SMILES string of the molecule is O=C(Cl)c1ccc(Cl)c(F)c1Cl. The summed E-state index contributed by atoms with van der Waals surface area (Å²) in [5, 5.41) is -1.29. The summed E-state index contributed by atoms with van der Waals surface area (Å²) in [5.41, 5.74) is -0.0831. The number of hydrogen-bond acceptors (Lipinski definition) is 1. The molecule has 1 aromatic carbocycles. The minimum absolute atomic E-state index is 0.0831. The molecule has 0 unspecified atom stereocenters. The van der Waals surface area contributed by atoms with Crippen molar-refractivity contribution in [2.45, 2.75) is 0 Å². The van der Waals surface area contributed by atoms with E-state index in [1.54, 1.807) is 0 Å². The largest absolute Gasteiger partial charge is 0.276 e. The van der Waals surface area contributed by atoms with Gasteiger partial charge in [0.15, 0.2) is 5.82 Å². The van der Waals surface area contributed by atoms with Crippen LogP contribution in [0.25, 0.3) is 0 Å². The van der Waals surface area contributed by atoms with Gasteiger partial charge in [0.2, 0.25) is 0 Å². The summed E-state index contributed by atoms with van der Waals surface area (Å²) >= 11 is 15.9. The summed E-state index contributed by atoms with van der Waals surface area (Å²) in [6.45, 7) is 0. The average Bonchev–Trinajstić information content (AvgIpc) is 2.00. The predicted molar refractivity (Wildman–Crippen MR) is 46.6 cm³/mol. The lowest BCUT2D eigenvalue weighted by Crippen LogP contribution is -1.93. The molecule has 5 heteroatoms. The van der Waals surface area contributed by atoms with Gasteiger partial charge in [-0.1, -0.05) is 23.2 Å². The maximum absolute atomic E-state index is 12.9. The molecule has 0 radical (unpaired) electrons. The van der Waals surface area contributed by atoms with Gasteiger partial charge in [0.25, 0.3) is 5.24 Å². The third kappa shape index (κ3) is 1.71. The maximum Gasteiger partial charge on any atom is 0.254 e. The normalized spacial score (nSPS) is 10.0. The van der Waals surface area contributed by atoms with E-state index in [1.165, 1.54) is 12.1 Å². The lowest BCUT2D eigenvalue weighted by atomic mass is 10.2. The smallest absolute Gasteiger partial charge is 0.254 e. The van der Waals surface area contributed by atoms with Gasteiger partial charge in [0.1, 0.15) is 0 Å². The fourth-order valence-electron chi connectivity index (χ4n) is 0.678. The van der Waals surface area contributed by atoms with Gasteiger partial charge in [-0.05, 0) is 23.7 Å². The molecule has 0 amide bonds. The topological polar surface area (TPSA) is 17.1 Å². The molecule has 1 nitrogen and oxygen atoms in total. The van der Waals surface area contributed by atoms with Gasteiger partial charge in [-0.25, -0.2) is 4.39 Å².